The highest BCUT2D eigenvalue weighted by atomic mass is 15.5. The standard InChI is InChI=1S/C11H15N3/c1-2-8-13(7-1)10-4-3-9-14-11(10)5-6-12-14/h3-4,6,9,11H,1-2,5,7-8H2. The van der Waals surface area contributed by atoms with Gasteiger partial charge in [-0.1, -0.05) is 0 Å². The van der Waals surface area contributed by atoms with Gasteiger partial charge >= 0.3 is 0 Å². The number of rotatable bonds is 1. The summed E-state index contributed by atoms with van der Waals surface area (Å²) in [5.41, 5.74) is 1.46. The van der Waals surface area contributed by atoms with E-state index in [-0.39, 0.29) is 0 Å². The van der Waals surface area contributed by atoms with Crippen molar-refractivity contribution in [1.29, 1.82) is 0 Å². The lowest BCUT2D eigenvalue weighted by Gasteiger charge is -2.32. The van der Waals surface area contributed by atoms with Gasteiger partial charge in [0.15, 0.2) is 0 Å². The van der Waals surface area contributed by atoms with Gasteiger partial charge < -0.3 is 4.90 Å². The Kier molecular flexibility index (Phi) is 1.82. The second-order valence-electron chi connectivity index (χ2n) is 4.06. The average molecular weight is 189 g/mol. The van der Waals surface area contributed by atoms with Crippen LogP contribution >= 0.6 is 0 Å². The molecule has 0 radical (unpaired) electrons. The zero-order chi connectivity index (χ0) is 9.38. The highest BCUT2D eigenvalue weighted by molar-refractivity contribution is 5.62. The van der Waals surface area contributed by atoms with Crippen LogP contribution < -0.4 is 0 Å². The summed E-state index contributed by atoms with van der Waals surface area (Å²) < 4.78 is 0. The first-order valence-electron chi connectivity index (χ1n) is 5.39. The maximum Gasteiger partial charge on any atom is 0.0965 e. The Morgan fingerprint density at radius 3 is 3.00 bits per heavy atom. The van der Waals surface area contributed by atoms with Crippen LogP contribution in [0.3, 0.4) is 0 Å². The summed E-state index contributed by atoms with van der Waals surface area (Å²) in [7, 11) is 0. The molecular weight excluding hydrogens is 174 g/mol. The molecule has 0 bridgehead atoms. The third kappa shape index (κ3) is 1.15. The van der Waals surface area contributed by atoms with Crippen molar-refractivity contribution in [2.45, 2.75) is 25.3 Å². The van der Waals surface area contributed by atoms with Crippen LogP contribution in [0.1, 0.15) is 19.3 Å². The number of nitrogens with zero attached hydrogens (tertiary/aromatic N) is 3. The minimum absolute atomic E-state index is 0.484. The van der Waals surface area contributed by atoms with Crippen molar-refractivity contribution in [2.75, 3.05) is 13.1 Å². The van der Waals surface area contributed by atoms with Gasteiger partial charge in [0.05, 0.1) is 6.04 Å². The van der Waals surface area contributed by atoms with E-state index in [0.717, 1.165) is 6.42 Å². The zero-order valence-electron chi connectivity index (χ0n) is 8.26. The van der Waals surface area contributed by atoms with Crippen molar-refractivity contribution in [3.63, 3.8) is 0 Å². The van der Waals surface area contributed by atoms with E-state index in [1.165, 1.54) is 31.6 Å². The molecule has 3 nitrogen and oxygen atoms in total. The molecule has 3 heterocycles. The van der Waals surface area contributed by atoms with Crippen LogP contribution in [-0.2, 0) is 0 Å². The van der Waals surface area contributed by atoms with Crippen LogP contribution in [0, 0.1) is 0 Å². The van der Waals surface area contributed by atoms with Gasteiger partial charge in [-0.05, 0) is 25.0 Å². The average Bonchev–Trinajstić information content (AvgIpc) is 2.88. The fourth-order valence-corrected chi connectivity index (χ4v) is 2.46. The van der Waals surface area contributed by atoms with Gasteiger partial charge in [-0.15, -0.1) is 0 Å². The molecule has 1 saturated heterocycles. The van der Waals surface area contributed by atoms with Gasteiger partial charge in [-0.3, -0.25) is 5.01 Å². The topological polar surface area (TPSA) is 18.8 Å². The summed E-state index contributed by atoms with van der Waals surface area (Å²) >= 11 is 0. The number of hydrogen-bond donors (Lipinski definition) is 0. The molecule has 0 aromatic rings. The smallest absolute Gasteiger partial charge is 0.0965 e. The molecule has 1 unspecified atom stereocenters. The van der Waals surface area contributed by atoms with E-state index in [1.807, 2.05) is 6.21 Å². The number of likely N-dealkylation sites (tertiary alicyclic amines) is 1. The molecule has 3 rings (SSSR count). The van der Waals surface area contributed by atoms with Crippen molar-refractivity contribution in [3.8, 4) is 0 Å². The van der Waals surface area contributed by atoms with E-state index in [2.05, 4.69) is 33.4 Å². The Bertz CT molecular complexity index is 310. The molecular formula is C11H15N3. The molecule has 0 saturated carbocycles. The monoisotopic (exact) mass is 189 g/mol. The van der Waals surface area contributed by atoms with Gasteiger partial charge in [0, 0.05) is 37.6 Å². The molecule has 1 atom stereocenters. The number of hydrazone groups is 1. The molecule has 14 heavy (non-hydrogen) atoms. The summed E-state index contributed by atoms with van der Waals surface area (Å²) in [6.07, 6.45) is 12.2. The van der Waals surface area contributed by atoms with Gasteiger partial charge in [0.1, 0.15) is 0 Å². The van der Waals surface area contributed by atoms with Gasteiger partial charge in [-0.25, -0.2) is 0 Å². The lowest BCUT2D eigenvalue weighted by atomic mass is 10.1. The van der Waals surface area contributed by atoms with Crippen LogP contribution in [0.15, 0.2) is 29.2 Å². The largest absolute Gasteiger partial charge is 0.373 e. The molecule has 3 aliphatic rings. The lowest BCUT2D eigenvalue weighted by Crippen LogP contribution is -2.35. The quantitative estimate of drug-likeness (QED) is 0.623. The SMILES string of the molecule is C1=CN2N=CCC2C(N2CCCC2)=C1. The predicted molar refractivity (Wildman–Crippen MR) is 56.8 cm³/mol. The fraction of sp³-hybridized carbons (Fsp3) is 0.545. The van der Waals surface area contributed by atoms with E-state index < -0.39 is 0 Å². The third-order valence-corrected chi connectivity index (χ3v) is 3.18. The molecule has 3 heteroatoms. The summed E-state index contributed by atoms with van der Waals surface area (Å²) in [5.74, 6) is 0. The Balaban J connectivity index is 1.84. The summed E-state index contributed by atoms with van der Waals surface area (Å²) in [5, 5.41) is 6.41. The number of fused-ring (bicyclic) bond motifs is 1. The van der Waals surface area contributed by atoms with Crippen LogP contribution in [-0.4, -0.2) is 35.3 Å². The van der Waals surface area contributed by atoms with Crippen molar-refractivity contribution in [1.82, 2.24) is 9.91 Å². The third-order valence-electron chi connectivity index (χ3n) is 3.18. The first-order chi connectivity index (χ1) is 6.95. The molecule has 0 amide bonds. The maximum atomic E-state index is 4.33. The minimum atomic E-state index is 0.484. The van der Waals surface area contributed by atoms with Crippen LogP contribution in [0.5, 0.6) is 0 Å². The van der Waals surface area contributed by atoms with Crippen LogP contribution in [0.25, 0.3) is 0 Å². The highest BCUT2D eigenvalue weighted by Gasteiger charge is 2.29. The molecule has 3 aliphatic heterocycles. The Morgan fingerprint density at radius 1 is 1.29 bits per heavy atom. The Labute approximate surface area is 84.4 Å². The van der Waals surface area contributed by atoms with Crippen molar-refractivity contribution < 1.29 is 0 Å². The van der Waals surface area contributed by atoms with Crippen LogP contribution in [0.2, 0.25) is 0 Å². The van der Waals surface area contributed by atoms with Crippen molar-refractivity contribution >= 4 is 6.21 Å². The Morgan fingerprint density at radius 2 is 2.14 bits per heavy atom. The normalized spacial score (nSPS) is 29.7. The first-order valence-corrected chi connectivity index (χ1v) is 5.39. The van der Waals surface area contributed by atoms with E-state index in [9.17, 15) is 0 Å². The zero-order valence-corrected chi connectivity index (χ0v) is 8.26. The van der Waals surface area contributed by atoms with E-state index in [0.29, 0.717) is 6.04 Å². The minimum Gasteiger partial charge on any atom is -0.373 e. The number of hydrogen-bond acceptors (Lipinski definition) is 3. The number of allylic oxidation sites excluding steroid dienone is 2. The Hall–Kier alpha value is -1.25. The van der Waals surface area contributed by atoms with E-state index >= 15 is 0 Å². The van der Waals surface area contributed by atoms with Gasteiger partial charge in [0.25, 0.3) is 0 Å². The molecule has 0 N–H and O–H groups in total. The lowest BCUT2D eigenvalue weighted by molar-refractivity contribution is 0.280. The van der Waals surface area contributed by atoms with Crippen LogP contribution in [0.4, 0.5) is 0 Å². The second kappa shape index (κ2) is 3.15. The molecule has 0 aromatic carbocycles. The molecule has 0 spiro atoms. The van der Waals surface area contributed by atoms with E-state index in [1.54, 1.807) is 0 Å². The molecule has 74 valence electrons. The molecule has 0 aliphatic carbocycles. The fourth-order valence-electron chi connectivity index (χ4n) is 2.46. The van der Waals surface area contributed by atoms with Gasteiger partial charge in [0.2, 0.25) is 0 Å². The molecule has 1 fully saturated rings. The summed E-state index contributed by atoms with van der Waals surface area (Å²) in [6, 6.07) is 0.484. The van der Waals surface area contributed by atoms with Crippen molar-refractivity contribution in [3.05, 3.63) is 24.0 Å². The summed E-state index contributed by atoms with van der Waals surface area (Å²) in [4.78, 5) is 2.51. The predicted octanol–water partition coefficient (Wildman–Crippen LogP) is 1.55. The molecule has 0 aromatic heterocycles. The van der Waals surface area contributed by atoms with Gasteiger partial charge in [-0.2, -0.15) is 5.10 Å². The van der Waals surface area contributed by atoms with Crippen molar-refractivity contribution in [2.24, 2.45) is 5.10 Å². The maximum absolute atomic E-state index is 4.33. The second-order valence-corrected chi connectivity index (χ2v) is 4.06. The summed E-state index contributed by atoms with van der Waals surface area (Å²) in [6.45, 7) is 2.45. The first kappa shape index (κ1) is 8.09. The van der Waals surface area contributed by atoms with E-state index in [4.69, 9.17) is 0 Å². The highest BCUT2D eigenvalue weighted by Crippen LogP contribution is 2.28.